The number of benzene rings is 3. The Kier molecular flexibility index (Phi) is 5.94. The molecule has 0 saturated carbocycles. The predicted molar refractivity (Wildman–Crippen MR) is 112 cm³/mol. The molecule has 0 aromatic heterocycles. The Hall–Kier alpha value is -3.65. The van der Waals surface area contributed by atoms with E-state index in [9.17, 15) is 18.0 Å². The van der Waals surface area contributed by atoms with E-state index in [-0.39, 0.29) is 16.7 Å². The second-order valence-corrected chi connectivity index (χ2v) is 7.90. The minimum atomic E-state index is -3.73. The van der Waals surface area contributed by atoms with Crippen molar-refractivity contribution in [1.82, 2.24) is 0 Å². The Morgan fingerprint density at radius 2 is 1.34 bits per heavy atom. The molecule has 148 valence electrons. The van der Waals surface area contributed by atoms with Gasteiger partial charge in [-0.15, -0.1) is 0 Å². The first kappa shape index (κ1) is 20.1. The highest BCUT2D eigenvalue weighted by Crippen LogP contribution is 2.20. The van der Waals surface area contributed by atoms with E-state index in [2.05, 4.69) is 15.4 Å². The number of amides is 2. The Morgan fingerprint density at radius 1 is 0.724 bits per heavy atom. The van der Waals surface area contributed by atoms with Gasteiger partial charge in [-0.3, -0.25) is 14.3 Å². The second kappa shape index (κ2) is 8.57. The van der Waals surface area contributed by atoms with Gasteiger partial charge in [0.05, 0.1) is 10.6 Å². The molecule has 0 radical (unpaired) electrons. The first-order valence-corrected chi connectivity index (χ1v) is 10.2. The van der Waals surface area contributed by atoms with Crippen molar-refractivity contribution in [3.05, 3.63) is 84.4 Å². The van der Waals surface area contributed by atoms with E-state index in [1.165, 1.54) is 25.1 Å². The van der Waals surface area contributed by atoms with Gasteiger partial charge in [-0.2, -0.15) is 0 Å². The summed E-state index contributed by atoms with van der Waals surface area (Å²) in [4.78, 5) is 23.8. The second-order valence-electron chi connectivity index (χ2n) is 6.22. The molecular weight excluding hydrogens is 390 g/mol. The number of carbonyl (C=O) groups excluding carboxylic acids is 2. The first-order valence-electron chi connectivity index (χ1n) is 8.70. The van der Waals surface area contributed by atoms with Crippen LogP contribution >= 0.6 is 0 Å². The molecule has 0 aliphatic carbocycles. The molecule has 0 fully saturated rings. The van der Waals surface area contributed by atoms with Gasteiger partial charge in [-0.05, 0) is 48.5 Å². The minimum Gasteiger partial charge on any atom is -0.326 e. The van der Waals surface area contributed by atoms with Crippen LogP contribution in [0, 0.1) is 0 Å². The highest BCUT2D eigenvalue weighted by Gasteiger charge is 2.14. The van der Waals surface area contributed by atoms with Gasteiger partial charge in [-0.1, -0.05) is 30.3 Å². The maximum Gasteiger partial charge on any atom is 0.261 e. The van der Waals surface area contributed by atoms with Gasteiger partial charge >= 0.3 is 0 Å². The normalized spacial score (nSPS) is 10.8. The summed E-state index contributed by atoms with van der Waals surface area (Å²) in [6.45, 7) is 1.38. The lowest BCUT2D eigenvalue weighted by atomic mass is 10.1. The van der Waals surface area contributed by atoms with Gasteiger partial charge in [-0.25, -0.2) is 8.42 Å². The van der Waals surface area contributed by atoms with Crippen LogP contribution < -0.4 is 15.4 Å². The number of hydrogen-bond acceptors (Lipinski definition) is 4. The van der Waals surface area contributed by atoms with E-state index in [1.807, 2.05) is 0 Å². The summed E-state index contributed by atoms with van der Waals surface area (Å²) in [5, 5.41) is 5.34. The molecule has 0 atom stereocenters. The van der Waals surface area contributed by atoms with Crippen molar-refractivity contribution in [2.75, 3.05) is 15.4 Å². The summed E-state index contributed by atoms with van der Waals surface area (Å²) in [6.07, 6.45) is 0. The van der Waals surface area contributed by atoms with Crippen molar-refractivity contribution < 1.29 is 18.0 Å². The first-order chi connectivity index (χ1) is 13.8. The number of nitrogens with one attached hydrogen (secondary N) is 3. The zero-order valence-electron chi connectivity index (χ0n) is 15.5. The monoisotopic (exact) mass is 409 g/mol. The molecule has 3 rings (SSSR count). The molecule has 3 aromatic carbocycles. The Morgan fingerprint density at radius 3 is 2.03 bits per heavy atom. The van der Waals surface area contributed by atoms with Crippen LogP contribution in [-0.4, -0.2) is 20.2 Å². The summed E-state index contributed by atoms with van der Waals surface area (Å²) in [7, 11) is -3.73. The minimum absolute atomic E-state index is 0.143. The molecular formula is C21H19N3O4S. The van der Waals surface area contributed by atoms with Gasteiger partial charge in [0, 0.05) is 23.9 Å². The lowest BCUT2D eigenvalue weighted by molar-refractivity contribution is -0.114. The molecule has 0 unspecified atom stereocenters. The van der Waals surface area contributed by atoms with E-state index in [0.717, 1.165) is 0 Å². The third-order valence-corrected chi connectivity index (χ3v) is 5.27. The van der Waals surface area contributed by atoms with Crippen molar-refractivity contribution in [2.45, 2.75) is 11.8 Å². The summed E-state index contributed by atoms with van der Waals surface area (Å²) in [5.41, 5.74) is 1.60. The molecule has 0 aliphatic heterocycles. The molecule has 29 heavy (non-hydrogen) atoms. The van der Waals surface area contributed by atoms with Crippen LogP contribution in [0.2, 0.25) is 0 Å². The van der Waals surface area contributed by atoms with Gasteiger partial charge in [0.2, 0.25) is 5.91 Å². The van der Waals surface area contributed by atoms with E-state index in [4.69, 9.17) is 0 Å². The average molecular weight is 409 g/mol. The SMILES string of the molecule is CC(=O)Nc1cccc(C(=O)Nc2cccc(NS(=O)(=O)c3ccccc3)c2)c1. The van der Waals surface area contributed by atoms with Crippen LogP contribution in [0.1, 0.15) is 17.3 Å². The lowest BCUT2D eigenvalue weighted by Crippen LogP contribution is -2.15. The van der Waals surface area contributed by atoms with E-state index < -0.39 is 10.0 Å². The largest absolute Gasteiger partial charge is 0.326 e. The maximum atomic E-state index is 12.5. The predicted octanol–water partition coefficient (Wildman–Crippen LogP) is 3.70. The van der Waals surface area contributed by atoms with Crippen LogP contribution in [0.25, 0.3) is 0 Å². The third kappa shape index (κ3) is 5.43. The molecule has 0 heterocycles. The molecule has 2 amide bonds. The van der Waals surface area contributed by atoms with Crippen molar-refractivity contribution >= 4 is 38.9 Å². The van der Waals surface area contributed by atoms with E-state index in [1.54, 1.807) is 60.7 Å². The number of carbonyl (C=O) groups is 2. The Labute approximate surface area is 168 Å². The number of rotatable bonds is 6. The summed E-state index contributed by atoms with van der Waals surface area (Å²) in [6, 6.07) is 20.9. The van der Waals surface area contributed by atoms with Crippen molar-refractivity contribution in [3.63, 3.8) is 0 Å². The van der Waals surface area contributed by atoms with Gasteiger partial charge in [0.25, 0.3) is 15.9 Å². The van der Waals surface area contributed by atoms with Crippen LogP contribution in [0.15, 0.2) is 83.8 Å². The van der Waals surface area contributed by atoms with Crippen LogP contribution in [-0.2, 0) is 14.8 Å². The van der Waals surface area contributed by atoms with Crippen LogP contribution in [0.5, 0.6) is 0 Å². The molecule has 0 bridgehead atoms. The Balaban J connectivity index is 1.75. The fourth-order valence-electron chi connectivity index (χ4n) is 2.62. The smallest absolute Gasteiger partial charge is 0.261 e. The van der Waals surface area contributed by atoms with Crippen molar-refractivity contribution in [3.8, 4) is 0 Å². The summed E-state index contributed by atoms with van der Waals surface area (Å²) in [5.74, 6) is -0.624. The van der Waals surface area contributed by atoms with Gasteiger partial charge in [0.1, 0.15) is 0 Å². The zero-order chi connectivity index (χ0) is 20.9. The maximum absolute atomic E-state index is 12.5. The highest BCUT2D eigenvalue weighted by atomic mass is 32.2. The van der Waals surface area contributed by atoms with Crippen molar-refractivity contribution in [2.24, 2.45) is 0 Å². The third-order valence-electron chi connectivity index (χ3n) is 3.87. The molecule has 8 heteroatoms. The van der Waals surface area contributed by atoms with Crippen LogP contribution in [0.4, 0.5) is 17.1 Å². The molecule has 0 spiro atoms. The summed E-state index contributed by atoms with van der Waals surface area (Å²) < 4.78 is 27.4. The number of hydrogen-bond donors (Lipinski definition) is 3. The Bertz CT molecular complexity index is 1150. The van der Waals surface area contributed by atoms with Gasteiger partial charge in [0.15, 0.2) is 0 Å². The lowest BCUT2D eigenvalue weighted by Gasteiger charge is -2.11. The van der Waals surface area contributed by atoms with Gasteiger partial charge < -0.3 is 10.6 Å². The highest BCUT2D eigenvalue weighted by molar-refractivity contribution is 7.92. The summed E-state index contributed by atoms with van der Waals surface area (Å²) >= 11 is 0. The van der Waals surface area contributed by atoms with Crippen molar-refractivity contribution in [1.29, 1.82) is 0 Å². The van der Waals surface area contributed by atoms with Crippen LogP contribution in [0.3, 0.4) is 0 Å². The van der Waals surface area contributed by atoms with E-state index >= 15 is 0 Å². The molecule has 7 nitrogen and oxygen atoms in total. The zero-order valence-corrected chi connectivity index (χ0v) is 16.4. The number of anilines is 3. The molecule has 3 N–H and O–H groups in total. The fourth-order valence-corrected chi connectivity index (χ4v) is 3.69. The average Bonchev–Trinajstić information content (AvgIpc) is 2.68. The molecule has 0 aliphatic rings. The number of sulfonamides is 1. The molecule has 3 aromatic rings. The topological polar surface area (TPSA) is 104 Å². The van der Waals surface area contributed by atoms with E-state index in [0.29, 0.717) is 22.6 Å². The standard InChI is InChI=1S/C21H19N3O4S/c1-15(25)22-17-8-5-7-16(13-17)21(26)23-18-9-6-10-19(14-18)24-29(27,28)20-11-3-2-4-12-20/h2-14,24H,1H3,(H,22,25)(H,23,26). The molecule has 0 saturated heterocycles. The quantitative estimate of drug-likeness (QED) is 0.577. The fraction of sp³-hybridized carbons (Fsp3) is 0.0476.